The van der Waals surface area contributed by atoms with E-state index in [1.54, 1.807) is 0 Å². The van der Waals surface area contributed by atoms with E-state index in [9.17, 15) is 0 Å². The molecule has 2 N–H and O–H groups in total. The molecule has 0 spiro atoms. The van der Waals surface area contributed by atoms with Crippen molar-refractivity contribution in [3.63, 3.8) is 0 Å². The van der Waals surface area contributed by atoms with Crippen molar-refractivity contribution in [3.8, 4) is 0 Å². The monoisotopic (exact) mass is 289 g/mol. The highest BCUT2D eigenvalue weighted by atomic mass is 127. The smallest absolute Gasteiger partial charge is 0.0352 e. The van der Waals surface area contributed by atoms with Crippen LogP contribution in [0.25, 0.3) is 0 Å². The molecule has 0 aliphatic heterocycles. The number of aryl methyl sites for hydroxylation is 1. The number of hydrogen-bond acceptors (Lipinski definition) is 1. The summed E-state index contributed by atoms with van der Waals surface area (Å²) in [6, 6.07) is 6.46. The molecule has 1 aromatic carbocycles. The Morgan fingerprint density at radius 1 is 1.38 bits per heavy atom. The standard InChI is InChI=1S/C11H16IN/c1-4-8-7-9(11(2,3)13)5-6-10(8)12/h5-7H,4,13H2,1-3H3. The van der Waals surface area contributed by atoms with Gasteiger partial charge in [0, 0.05) is 9.11 Å². The zero-order chi connectivity index (χ0) is 10.1. The zero-order valence-corrected chi connectivity index (χ0v) is 10.6. The molecule has 1 aromatic rings. The third kappa shape index (κ3) is 2.68. The number of nitrogens with two attached hydrogens (primary N) is 1. The van der Waals surface area contributed by atoms with Crippen LogP contribution in [-0.2, 0) is 12.0 Å². The summed E-state index contributed by atoms with van der Waals surface area (Å²) in [6.07, 6.45) is 1.07. The van der Waals surface area contributed by atoms with Gasteiger partial charge in [0.1, 0.15) is 0 Å². The maximum Gasteiger partial charge on any atom is 0.0352 e. The van der Waals surface area contributed by atoms with Crippen LogP contribution in [0.15, 0.2) is 18.2 Å². The van der Waals surface area contributed by atoms with Gasteiger partial charge in [-0.1, -0.05) is 19.1 Å². The van der Waals surface area contributed by atoms with Gasteiger partial charge in [-0.15, -0.1) is 0 Å². The van der Waals surface area contributed by atoms with Gasteiger partial charge in [0.15, 0.2) is 0 Å². The number of halogens is 1. The fraction of sp³-hybridized carbons (Fsp3) is 0.455. The summed E-state index contributed by atoms with van der Waals surface area (Å²) in [4.78, 5) is 0. The minimum absolute atomic E-state index is 0.228. The van der Waals surface area contributed by atoms with Crippen molar-refractivity contribution >= 4 is 22.6 Å². The minimum atomic E-state index is -0.228. The first-order chi connectivity index (χ1) is 5.95. The molecule has 2 heteroatoms. The average molecular weight is 289 g/mol. The molecule has 0 amide bonds. The first kappa shape index (κ1) is 11.0. The van der Waals surface area contributed by atoms with E-state index in [0.29, 0.717) is 0 Å². The third-order valence-electron chi connectivity index (χ3n) is 2.17. The van der Waals surface area contributed by atoms with Crippen molar-refractivity contribution in [1.82, 2.24) is 0 Å². The average Bonchev–Trinajstić information content (AvgIpc) is 2.03. The number of rotatable bonds is 2. The molecule has 1 rings (SSSR count). The highest BCUT2D eigenvalue weighted by Gasteiger charge is 2.14. The lowest BCUT2D eigenvalue weighted by atomic mass is 9.94. The van der Waals surface area contributed by atoms with Crippen LogP contribution in [0.5, 0.6) is 0 Å². The molecule has 0 atom stereocenters. The van der Waals surface area contributed by atoms with E-state index in [-0.39, 0.29) is 5.54 Å². The molecule has 0 heterocycles. The molecule has 0 aromatic heterocycles. The van der Waals surface area contributed by atoms with Crippen LogP contribution in [0.2, 0.25) is 0 Å². The van der Waals surface area contributed by atoms with Crippen molar-refractivity contribution in [1.29, 1.82) is 0 Å². The predicted octanol–water partition coefficient (Wildman–Crippen LogP) is 3.05. The lowest BCUT2D eigenvalue weighted by molar-refractivity contribution is 0.553. The topological polar surface area (TPSA) is 26.0 Å². The molecule has 0 saturated carbocycles. The molecule has 0 unspecified atom stereocenters. The van der Waals surface area contributed by atoms with Crippen molar-refractivity contribution in [2.24, 2.45) is 5.73 Å². The molecule has 0 fully saturated rings. The van der Waals surface area contributed by atoms with Gasteiger partial charge in [0.05, 0.1) is 0 Å². The highest BCUT2D eigenvalue weighted by Crippen LogP contribution is 2.21. The SMILES string of the molecule is CCc1cc(C(C)(C)N)ccc1I. The summed E-state index contributed by atoms with van der Waals surface area (Å²) in [6.45, 7) is 6.24. The Bertz CT molecular complexity index is 299. The molecule has 72 valence electrons. The Kier molecular flexibility index (Phi) is 3.35. The molecule has 13 heavy (non-hydrogen) atoms. The maximum absolute atomic E-state index is 6.03. The van der Waals surface area contributed by atoms with Crippen molar-refractivity contribution in [2.75, 3.05) is 0 Å². The molecule has 0 saturated heterocycles. The summed E-state index contributed by atoms with van der Waals surface area (Å²) < 4.78 is 1.33. The molecule has 0 aliphatic rings. The van der Waals surface area contributed by atoms with E-state index >= 15 is 0 Å². The van der Waals surface area contributed by atoms with Crippen molar-refractivity contribution in [2.45, 2.75) is 32.7 Å². The van der Waals surface area contributed by atoms with Gasteiger partial charge in [0.2, 0.25) is 0 Å². The summed E-state index contributed by atoms with van der Waals surface area (Å²) >= 11 is 2.36. The Balaban J connectivity index is 3.14. The second-order valence-corrected chi connectivity index (χ2v) is 5.04. The fourth-order valence-corrected chi connectivity index (χ4v) is 1.96. The van der Waals surface area contributed by atoms with Gasteiger partial charge in [-0.05, 0) is 60.1 Å². The number of hydrogen-bond donors (Lipinski definition) is 1. The lowest BCUT2D eigenvalue weighted by Gasteiger charge is -2.20. The fourth-order valence-electron chi connectivity index (χ4n) is 1.25. The first-order valence-electron chi connectivity index (χ1n) is 4.53. The quantitative estimate of drug-likeness (QED) is 0.832. The van der Waals surface area contributed by atoms with E-state index in [1.807, 2.05) is 13.8 Å². The second kappa shape index (κ2) is 3.96. The molecule has 0 aliphatic carbocycles. The van der Waals surface area contributed by atoms with E-state index in [2.05, 4.69) is 47.7 Å². The normalized spacial score (nSPS) is 11.8. The van der Waals surface area contributed by atoms with Crippen molar-refractivity contribution in [3.05, 3.63) is 32.9 Å². The van der Waals surface area contributed by atoms with E-state index in [4.69, 9.17) is 5.73 Å². The van der Waals surface area contributed by atoms with Crippen LogP contribution in [0, 0.1) is 3.57 Å². The lowest BCUT2D eigenvalue weighted by Crippen LogP contribution is -2.28. The van der Waals surface area contributed by atoms with Gasteiger partial charge in [0.25, 0.3) is 0 Å². The summed E-state index contributed by atoms with van der Waals surface area (Å²) in [5, 5.41) is 0. The molecular weight excluding hydrogens is 273 g/mol. The van der Waals surface area contributed by atoms with Gasteiger partial charge in [-0.25, -0.2) is 0 Å². The second-order valence-electron chi connectivity index (χ2n) is 3.88. The van der Waals surface area contributed by atoms with E-state index in [1.165, 1.54) is 14.7 Å². The Morgan fingerprint density at radius 3 is 2.46 bits per heavy atom. The van der Waals surface area contributed by atoms with Gasteiger partial charge in [-0.2, -0.15) is 0 Å². The summed E-state index contributed by atoms with van der Waals surface area (Å²) in [5.74, 6) is 0. The molecule has 0 radical (unpaired) electrons. The molecule has 1 nitrogen and oxygen atoms in total. The predicted molar refractivity (Wildman–Crippen MR) is 65.8 cm³/mol. The van der Waals surface area contributed by atoms with Crippen LogP contribution in [-0.4, -0.2) is 0 Å². The maximum atomic E-state index is 6.03. The third-order valence-corrected chi connectivity index (χ3v) is 3.22. The van der Waals surface area contributed by atoms with Gasteiger partial charge in [-0.3, -0.25) is 0 Å². The number of benzene rings is 1. The van der Waals surface area contributed by atoms with E-state index in [0.717, 1.165) is 6.42 Å². The zero-order valence-electron chi connectivity index (χ0n) is 8.39. The highest BCUT2D eigenvalue weighted by molar-refractivity contribution is 14.1. The minimum Gasteiger partial charge on any atom is -0.322 e. The Labute approximate surface area is 93.9 Å². The Morgan fingerprint density at radius 2 is 2.00 bits per heavy atom. The van der Waals surface area contributed by atoms with E-state index < -0.39 is 0 Å². The van der Waals surface area contributed by atoms with Gasteiger partial charge < -0.3 is 5.73 Å². The first-order valence-corrected chi connectivity index (χ1v) is 5.61. The van der Waals surface area contributed by atoms with Crippen LogP contribution < -0.4 is 5.73 Å². The van der Waals surface area contributed by atoms with Crippen LogP contribution in [0.1, 0.15) is 31.9 Å². The largest absolute Gasteiger partial charge is 0.322 e. The Hall–Kier alpha value is -0.0900. The van der Waals surface area contributed by atoms with Crippen LogP contribution >= 0.6 is 22.6 Å². The van der Waals surface area contributed by atoms with Gasteiger partial charge >= 0.3 is 0 Å². The molecule has 0 bridgehead atoms. The summed E-state index contributed by atoms with van der Waals surface area (Å²) in [5.41, 5.74) is 8.40. The molecular formula is C11H16IN. The van der Waals surface area contributed by atoms with Crippen LogP contribution in [0.3, 0.4) is 0 Å². The van der Waals surface area contributed by atoms with Crippen LogP contribution in [0.4, 0.5) is 0 Å². The summed E-state index contributed by atoms with van der Waals surface area (Å²) in [7, 11) is 0. The van der Waals surface area contributed by atoms with Crippen molar-refractivity contribution < 1.29 is 0 Å².